The number of benzene rings is 7. The molecule has 0 saturated heterocycles. The molecule has 4 heteroatoms. The van der Waals surface area contributed by atoms with E-state index in [4.69, 9.17) is 9.40 Å². The van der Waals surface area contributed by atoms with Crippen LogP contribution in [0, 0.1) is 0 Å². The molecule has 1 aliphatic carbocycles. The molecule has 10 rings (SSSR count). The summed E-state index contributed by atoms with van der Waals surface area (Å²) in [6.07, 6.45) is 0. The van der Waals surface area contributed by atoms with Crippen molar-refractivity contribution in [1.82, 2.24) is 4.98 Å². The molecule has 2 aromatic heterocycles. The molecule has 0 amide bonds. The number of fused-ring (bicyclic) bond motifs is 9. The van der Waals surface area contributed by atoms with Gasteiger partial charge in [0.1, 0.15) is 5.52 Å². The molecule has 228 valence electrons. The quantitative estimate of drug-likeness (QED) is 0.193. The van der Waals surface area contributed by atoms with Crippen molar-refractivity contribution in [3.05, 3.63) is 157 Å². The number of thiophene rings is 1. The Kier molecular flexibility index (Phi) is 5.79. The second-order valence-corrected chi connectivity index (χ2v) is 14.3. The van der Waals surface area contributed by atoms with Crippen molar-refractivity contribution < 1.29 is 4.42 Å². The van der Waals surface area contributed by atoms with Crippen LogP contribution in [0.1, 0.15) is 25.0 Å². The molecule has 7 aromatic carbocycles. The average Bonchev–Trinajstić information content (AvgIpc) is 3.80. The summed E-state index contributed by atoms with van der Waals surface area (Å²) < 4.78 is 9.23. The van der Waals surface area contributed by atoms with Gasteiger partial charge in [-0.05, 0) is 82.2 Å². The van der Waals surface area contributed by atoms with Gasteiger partial charge in [0.2, 0.25) is 5.89 Å². The molecule has 9 aromatic rings. The summed E-state index contributed by atoms with van der Waals surface area (Å²) in [6, 6.07) is 52.3. The first kappa shape index (κ1) is 27.4. The fourth-order valence-electron chi connectivity index (χ4n) is 7.71. The van der Waals surface area contributed by atoms with Crippen molar-refractivity contribution in [3.63, 3.8) is 0 Å². The highest BCUT2D eigenvalue weighted by Gasteiger charge is 2.36. The number of nitrogens with zero attached hydrogens (tertiary/aromatic N) is 2. The van der Waals surface area contributed by atoms with E-state index in [-0.39, 0.29) is 5.41 Å². The van der Waals surface area contributed by atoms with Crippen molar-refractivity contribution in [2.24, 2.45) is 0 Å². The zero-order valence-corrected chi connectivity index (χ0v) is 27.4. The van der Waals surface area contributed by atoms with Gasteiger partial charge in [0.25, 0.3) is 0 Å². The van der Waals surface area contributed by atoms with Crippen molar-refractivity contribution in [3.8, 4) is 22.6 Å². The lowest BCUT2D eigenvalue weighted by Gasteiger charge is -2.28. The summed E-state index contributed by atoms with van der Waals surface area (Å²) in [5.74, 6) is 0.618. The molecule has 0 atom stereocenters. The molecule has 0 spiro atoms. The predicted molar refractivity (Wildman–Crippen MR) is 202 cm³/mol. The standard InChI is InChI=1S/C44H30N2OS/c1-44(2)36-18-10-8-16-32(36)33-22-20-30(26-37(33)44)46(29-21-23-40-35(25-29)34-17-9-11-19-39(34)48-40)38-24-28-14-6-7-15-31(28)42-41(38)45-43(47-42)27-12-4-3-5-13-27/h3-26H,1-2H3. The second-order valence-electron chi connectivity index (χ2n) is 13.2. The van der Waals surface area contributed by atoms with Gasteiger partial charge in [-0.15, -0.1) is 11.3 Å². The van der Waals surface area contributed by atoms with Crippen LogP contribution >= 0.6 is 11.3 Å². The number of anilines is 3. The maximum Gasteiger partial charge on any atom is 0.227 e. The van der Waals surface area contributed by atoms with Gasteiger partial charge in [-0.3, -0.25) is 0 Å². The van der Waals surface area contributed by atoms with Gasteiger partial charge in [0.15, 0.2) is 5.58 Å². The third-order valence-corrected chi connectivity index (χ3v) is 11.2. The van der Waals surface area contributed by atoms with E-state index in [1.807, 2.05) is 29.5 Å². The minimum Gasteiger partial charge on any atom is -0.435 e. The van der Waals surface area contributed by atoms with Crippen molar-refractivity contribution in [2.75, 3.05) is 4.90 Å². The molecule has 0 fully saturated rings. The van der Waals surface area contributed by atoms with E-state index < -0.39 is 0 Å². The summed E-state index contributed by atoms with van der Waals surface area (Å²) in [5.41, 5.74) is 10.9. The van der Waals surface area contributed by atoms with Gasteiger partial charge >= 0.3 is 0 Å². The lowest BCUT2D eigenvalue weighted by atomic mass is 9.82. The Bertz CT molecular complexity index is 2720. The third-order valence-electron chi connectivity index (χ3n) is 10.1. The Morgan fingerprint density at radius 3 is 2.17 bits per heavy atom. The van der Waals surface area contributed by atoms with Crippen LogP contribution in [-0.2, 0) is 5.41 Å². The van der Waals surface area contributed by atoms with Crippen LogP contribution in [0.25, 0.3) is 64.6 Å². The fraction of sp³-hybridized carbons (Fsp3) is 0.0682. The van der Waals surface area contributed by atoms with Gasteiger partial charge in [-0.25, -0.2) is 4.98 Å². The highest BCUT2D eigenvalue weighted by atomic mass is 32.1. The predicted octanol–water partition coefficient (Wildman–Crippen LogP) is 12.8. The van der Waals surface area contributed by atoms with Crippen molar-refractivity contribution in [1.29, 1.82) is 0 Å². The molecule has 1 aliphatic rings. The van der Waals surface area contributed by atoms with Crippen LogP contribution < -0.4 is 4.90 Å². The Morgan fingerprint density at radius 2 is 1.27 bits per heavy atom. The number of aromatic nitrogens is 1. The van der Waals surface area contributed by atoms with E-state index >= 15 is 0 Å². The minimum atomic E-state index is -0.131. The molecular weight excluding hydrogens is 605 g/mol. The molecule has 0 unspecified atom stereocenters. The Balaban J connectivity index is 1.28. The molecule has 0 radical (unpaired) electrons. The average molecular weight is 635 g/mol. The summed E-state index contributed by atoms with van der Waals surface area (Å²) in [6.45, 7) is 4.68. The normalized spacial score (nSPS) is 13.4. The van der Waals surface area contributed by atoms with Gasteiger partial charge in [0.05, 0.1) is 5.69 Å². The third kappa shape index (κ3) is 3.96. The zero-order chi connectivity index (χ0) is 32.0. The van der Waals surface area contributed by atoms with Gasteiger partial charge in [-0.2, -0.15) is 0 Å². The van der Waals surface area contributed by atoms with E-state index in [0.717, 1.165) is 44.5 Å². The molecule has 2 heterocycles. The van der Waals surface area contributed by atoms with Crippen LogP contribution in [0.3, 0.4) is 0 Å². The molecular formula is C44H30N2OS. The zero-order valence-electron chi connectivity index (χ0n) is 26.6. The molecule has 0 saturated carbocycles. The number of hydrogen-bond acceptors (Lipinski definition) is 4. The number of oxazole rings is 1. The lowest BCUT2D eigenvalue weighted by molar-refractivity contribution is 0.623. The molecule has 0 N–H and O–H groups in total. The maximum absolute atomic E-state index is 6.66. The van der Waals surface area contributed by atoms with Crippen molar-refractivity contribution >= 4 is 70.4 Å². The first-order valence-corrected chi connectivity index (χ1v) is 17.2. The van der Waals surface area contributed by atoms with Gasteiger partial charge < -0.3 is 9.32 Å². The van der Waals surface area contributed by atoms with E-state index in [9.17, 15) is 0 Å². The second kappa shape index (κ2) is 10.1. The summed E-state index contributed by atoms with van der Waals surface area (Å²) in [7, 11) is 0. The van der Waals surface area contributed by atoms with E-state index in [1.54, 1.807) is 0 Å². The van der Waals surface area contributed by atoms with E-state index in [0.29, 0.717) is 5.89 Å². The monoisotopic (exact) mass is 634 g/mol. The van der Waals surface area contributed by atoms with E-state index in [1.165, 1.54) is 42.4 Å². The smallest absolute Gasteiger partial charge is 0.227 e. The Hall–Kier alpha value is -5.71. The molecule has 3 nitrogen and oxygen atoms in total. The summed E-state index contributed by atoms with van der Waals surface area (Å²) >= 11 is 1.84. The van der Waals surface area contributed by atoms with Crippen LogP contribution in [0.4, 0.5) is 17.1 Å². The lowest BCUT2D eigenvalue weighted by Crippen LogP contribution is -2.16. The largest absolute Gasteiger partial charge is 0.435 e. The Labute approximate surface area is 282 Å². The fourth-order valence-corrected chi connectivity index (χ4v) is 8.79. The first-order valence-electron chi connectivity index (χ1n) is 16.4. The summed E-state index contributed by atoms with van der Waals surface area (Å²) in [5, 5.41) is 4.70. The van der Waals surface area contributed by atoms with Crippen LogP contribution in [0.2, 0.25) is 0 Å². The number of rotatable bonds is 4. The van der Waals surface area contributed by atoms with Gasteiger partial charge in [-0.1, -0.05) is 105 Å². The maximum atomic E-state index is 6.66. The van der Waals surface area contributed by atoms with Crippen LogP contribution in [0.5, 0.6) is 0 Å². The topological polar surface area (TPSA) is 29.3 Å². The minimum absolute atomic E-state index is 0.131. The van der Waals surface area contributed by atoms with Crippen molar-refractivity contribution in [2.45, 2.75) is 19.3 Å². The molecule has 0 bridgehead atoms. The molecule has 0 aliphatic heterocycles. The Morgan fingerprint density at radius 1 is 0.583 bits per heavy atom. The molecule has 48 heavy (non-hydrogen) atoms. The van der Waals surface area contributed by atoms with E-state index in [2.05, 4.69) is 146 Å². The SMILES string of the molecule is CC1(C)c2ccccc2-c2ccc(N(c3ccc4sc5ccccc5c4c3)c3cc4ccccc4c4oc(-c5ccccc5)nc34)cc21. The van der Waals surface area contributed by atoms with Crippen LogP contribution in [-0.4, -0.2) is 4.98 Å². The highest BCUT2D eigenvalue weighted by molar-refractivity contribution is 7.25. The summed E-state index contributed by atoms with van der Waals surface area (Å²) in [4.78, 5) is 7.62. The van der Waals surface area contributed by atoms with Crippen LogP contribution in [0.15, 0.2) is 150 Å². The number of hydrogen-bond donors (Lipinski definition) is 0. The van der Waals surface area contributed by atoms with Gasteiger partial charge in [0, 0.05) is 47.9 Å². The highest BCUT2D eigenvalue weighted by Crippen LogP contribution is 2.52. The first-order chi connectivity index (χ1) is 23.5.